The van der Waals surface area contributed by atoms with Crippen LogP contribution in [0.15, 0.2) is 60.8 Å². The Bertz CT molecular complexity index is 766. The summed E-state index contributed by atoms with van der Waals surface area (Å²) in [6.07, 6.45) is 1.83. The second kappa shape index (κ2) is 5.13. The number of carbonyl (C=O) groups is 1. The van der Waals surface area contributed by atoms with Gasteiger partial charge in [0.05, 0.1) is 5.52 Å². The molecule has 1 aromatic heterocycles. The minimum Gasteiger partial charge on any atom is -0.322 e. The van der Waals surface area contributed by atoms with Crippen LogP contribution >= 0.6 is 0 Å². The lowest BCUT2D eigenvalue weighted by molar-refractivity contribution is 0.102. The maximum absolute atomic E-state index is 12.2. The van der Waals surface area contributed by atoms with Gasteiger partial charge in [0, 0.05) is 22.8 Å². The average molecular weight is 262 g/mol. The van der Waals surface area contributed by atoms with E-state index in [2.05, 4.69) is 10.3 Å². The third-order valence-electron chi connectivity index (χ3n) is 3.11. The molecule has 1 amide bonds. The number of anilines is 1. The van der Waals surface area contributed by atoms with Gasteiger partial charge < -0.3 is 5.32 Å². The van der Waals surface area contributed by atoms with Crippen molar-refractivity contribution in [2.45, 2.75) is 6.92 Å². The van der Waals surface area contributed by atoms with Crippen molar-refractivity contribution in [3.8, 4) is 0 Å². The van der Waals surface area contributed by atoms with Crippen LogP contribution in [-0.4, -0.2) is 10.9 Å². The molecule has 0 unspecified atom stereocenters. The normalized spacial score (nSPS) is 10.4. The van der Waals surface area contributed by atoms with Gasteiger partial charge in [-0.05, 0) is 48.9 Å². The smallest absolute Gasteiger partial charge is 0.255 e. The lowest BCUT2D eigenvalue weighted by atomic mass is 10.1. The first-order chi connectivity index (χ1) is 9.72. The van der Waals surface area contributed by atoms with Crippen molar-refractivity contribution in [1.82, 2.24) is 4.98 Å². The van der Waals surface area contributed by atoms with Crippen LogP contribution in [0.3, 0.4) is 0 Å². The summed E-state index contributed by atoms with van der Waals surface area (Å²) in [6.45, 7) is 1.99. The number of carbonyl (C=O) groups excluding carboxylic acids is 1. The van der Waals surface area contributed by atoms with E-state index in [1.165, 1.54) is 0 Å². The van der Waals surface area contributed by atoms with Crippen LogP contribution in [0, 0.1) is 6.92 Å². The first kappa shape index (κ1) is 12.4. The fraction of sp³-hybridized carbons (Fsp3) is 0.0588. The fourth-order valence-corrected chi connectivity index (χ4v) is 2.11. The summed E-state index contributed by atoms with van der Waals surface area (Å²) >= 11 is 0. The number of amides is 1. The van der Waals surface area contributed by atoms with E-state index in [0.717, 1.165) is 22.2 Å². The van der Waals surface area contributed by atoms with Crippen LogP contribution in [0.2, 0.25) is 0 Å². The lowest BCUT2D eigenvalue weighted by Gasteiger charge is -2.06. The van der Waals surface area contributed by atoms with Crippen molar-refractivity contribution >= 4 is 22.5 Å². The van der Waals surface area contributed by atoms with Crippen molar-refractivity contribution in [3.63, 3.8) is 0 Å². The SMILES string of the molecule is Cc1cnc2ccc(C(=O)Nc3ccccc3)cc2c1. The number of pyridine rings is 1. The quantitative estimate of drug-likeness (QED) is 0.763. The number of benzene rings is 2. The van der Waals surface area contributed by atoms with Crippen molar-refractivity contribution in [2.75, 3.05) is 5.32 Å². The first-order valence-electron chi connectivity index (χ1n) is 6.45. The van der Waals surface area contributed by atoms with Crippen molar-refractivity contribution in [1.29, 1.82) is 0 Å². The summed E-state index contributed by atoms with van der Waals surface area (Å²) in [7, 11) is 0. The van der Waals surface area contributed by atoms with Crippen LogP contribution in [0.1, 0.15) is 15.9 Å². The van der Waals surface area contributed by atoms with E-state index in [0.29, 0.717) is 5.56 Å². The standard InChI is InChI=1S/C17H14N2O/c1-12-9-14-10-13(7-8-16(14)18-11-12)17(20)19-15-5-3-2-4-6-15/h2-11H,1H3,(H,19,20). The molecule has 0 bridgehead atoms. The van der Waals surface area contributed by atoms with E-state index in [-0.39, 0.29) is 5.91 Å². The molecule has 3 aromatic rings. The summed E-state index contributed by atoms with van der Waals surface area (Å²) in [5.74, 6) is -0.111. The minimum atomic E-state index is -0.111. The Kier molecular flexibility index (Phi) is 3.17. The van der Waals surface area contributed by atoms with E-state index >= 15 is 0 Å². The number of aryl methyl sites for hydroxylation is 1. The van der Waals surface area contributed by atoms with Crippen LogP contribution in [0.5, 0.6) is 0 Å². The largest absolute Gasteiger partial charge is 0.322 e. The Morgan fingerprint density at radius 1 is 1.05 bits per heavy atom. The van der Waals surface area contributed by atoms with Gasteiger partial charge in [0.25, 0.3) is 5.91 Å². The van der Waals surface area contributed by atoms with Crippen LogP contribution in [0.4, 0.5) is 5.69 Å². The summed E-state index contributed by atoms with van der Waals surface area (Å²) in [5, 5.41) is 3.86. The first-order valence-corrected chi connectivity index (χ1v) is 6.45. The van der Waals surface area contributed by atoms with Gasteiger partial charge in [0.2, 0.25) is 0 Å². The van der Waals surface area contributed by atoms with Crippen molar-refractivity contribution in [2.24, 2.45) is 0 Å². The molecule has 0 atom stereocenters. The van der Waals surface area contributed by atoms with Crippen molar-refractivity contribution < 1.29 is 4.79 Å². The summed E-state index contributed by atoms with van der Waals surface area (Å²) in [4.78, 5) is 16.5. The molecule has 3 nitrogen and oxygen atoms in total. The zero-order chi connectivity index (χ0) is 13.9. The topological polar surface area (TPSA) is 42.0 Å². The molecule has 0 saturated heterocycles. The molecule has 0 aliphatic carbocycles. The fourth-order valence-electron chi connectivity index (χ4n) is 2.11. The Balaban J connectivity index is 1.91. The Labute approximate surface area is 117 Å². The highest BCUT2D eigenvalue weighted by Crippen LogP contribution is 2.16. The Morgan fingerprint density at radius 3 is 2.65 bits per heavy atom. The molecule has 0 spiro atoms. The third-order valence-corrected chi connectivity index (χ3v) is 3.11. The van der Waals surface area contributed by atoms with Gasteiger partial charge in [-0.1, -0.05) is 18.2 Å². The highest BCUT2D eigenvalue weighted by molar-refractivity contribution is 6.06. The van der Waals surface area contributed by atoms with Crippen molar-refractivity contribution in [3.05, 3.63) is 71.9 Å². The molecule has 3 heteroatoms. The molecule has 98 valence electrons. The van der Waals surface area contributed by atoms with Gasteiger partial charge in [0.15, 0.2) is 0 Å². The number of hydrogen-bond acceptors (Lipinski definition) is 2. The molecule has 3 rings (SSSR count). The molecule has 0 fully saturated rings. The zero-order valence-corrected chi connectivity index (χ0v) is 11.1. The maximum Gasteiger partial charge on any atom is 0.255 e. The highest BCUT2D eigenvalue weighted by Gasteiger charge is 2.07. The highest BCUT2D eigenvalue weighted by atomic mass is 16.1. The van der Waals surface area contributed by atoms with Crippen LogP contribution in [0.25, 0.3) is 10.9 Å². The number of hydrogen-bond donors (Lipinski definition) is 1. The molecule has 1 N–H and O–H groups in total. The number of para-hydroxylation sites is 1. The Morgan fingerprint density at radius 2 is 1.85 bits per heavy atom. The molecule has 0 aliphatic heterocycles. The van der Waals surface area contributed by atoms with Gasteiger partial charge in [-0.15, -0.1) is 0 Å². The summed E-state index contributed by atoms with van der Waals surface area (Å²) in [6, 6.07) is 17.0. The molecule has 0 radical (unpaired) electrons. The van der Waals surface area contributed by atoms with E-state index in [4.69, 9.17) is 0 Å². The van der Waals surface area contributed by atoms with E-state index in [1.807, 2.05) is 61.7 Å². The van der Waals surface area contributed by atoms with E-state index in [1.54, 1.807) is 6.07 Å². The molecule has 20 heavy (non-hydrogen) atoms. The third kappa shape index (κ3) is 2.52. The van der Waals surface area contributed by atoms with E-state index in [9.17, 15) is 4.79 Å². The maximum atomic E-state index is 12.2. The zero-order valence-electron chi connectivity index (χ0n) is 11.1. The van der Waals surface area contributed by atoms with Crippen LogP contribution in [-0.2, 0) is 0 Å². The predicted octanol–water partition coefficient (Wildman–Crippen LogP) is 3.80. The lowest BCUT2D eigenvalue weighted by Crippen LogP contribution is -2.11. The van der Waals surface area contributed by atoms with Crippen LogP contribution < -0.4 is 5.32 Å². The molecule has 1 heterocycles. The number of rotatable bonds is 2. The van der Waals surface area contributed by atoms with E-state index < -0.39 is 0 Å². The molecule has 2 aromatic carbocycles. The predicted molar refractivity (Wildman–Crippen MR) is 80.9 cm³/mol. The number of nitrogens with one attached hydrogen (secondary N) is 1. The Hall–Kier alpha value is -2.68. The summed E-state index contributed by atoms with van der Waals surface area (Å²) < 4.78 is 0. The molecule has 0 saturated carbocycles. The molecular weight excluding hydrogens is 248 g/mol. The second-order valence-corrected chi connectivity index (χ2v) is 4.74. The van der Waals surface area contributed by atoms with Gasteiger partial charge >= 0.3 is 0 Å². The van der Waals surface area contributed by atoms with Gasteiger partial charge in [-0.3, -0.25) is 9.78 Å². The number of nitrogens with zero attached hydrogens (tertiary/aromatic N) is 1. The average Bonchev–Trinajstić information content (AvgIpc) is 2.47. The monoisotopic (exact) mass is 262 g/mol. The number of aromatic nitrogens is 1. The van der Waals surface area contributed by atoms with Gasteiger partial charge in [-0.25, -0.2) is 0 Å². The molecular formula is C17H14N2O. The second-order valence-electron chi connectivity index (χ2n) is 4.74. The number of fused-ring (bicyclic) bond motifs is 1. The molecule has 0 aliphatic rings. The minimum absolute atomic E-state index is 0.111. The van der Waals surface area contributed by atoms with Gasteiger partial charge in [-0.2, -0.15) is 0 Å². The summed E-state index contributed by atoms with van der Waals surface area (Å²) in [5.41, 5.74) is 3.40. The van der Waals surface area contributed by atoms with Gasteiger partial charge in [0.1, 0.15) is 0 Å².